The molecule has 0 heterocycles. The number of rotatable bonds is 2. The largest absolute Gasteiger partial charge is 0.458 e. The fourth-order valence-corrected chi connectivity index (χ4v) is 0.802. The van der Waals surface area contributed by atoms with Gasteiger partial charge in [-0.3, -0.25) is 4.79 Å². The zero-order chi connectivity index (χ0) is 8.70. The van der Waals surface area contributed by atoms with Crippen LogP contribution >= 0.6 is 0 Å². The molecule has 1 unspecified atom stereocenters. The standard InChI is InChI=1S/C5H4F4O2/c6-4(7)1-3(11-2-10)5(4,8)9/h2-3H,1H2. The lowest BCUT2D eigenvalue weighted by Crippen LogP contribution is -2.63. The van der Waals surface area contributed by atoms with Crippen LogP contribution in [-0.2, 0) is 9.53 Å². The van der Waals surface area contributed by atoms with Crippen LogP contribution in [-0.4, -0.2) is 24.4 Å². The summed E-state index contributed by atoms with van der Waals surface area (Å²) in [4.78, 5) is 9.51. The van der Waals surface area contributed by atoms with Gasteiger partial charge in [0.1, 0.15) is 0 Å². The van der Waals surface area contributed by atoms with Gasteiger partial charge in [-0.2, -0.15) is 17.6 Å². The van der Waals surface area contributed by atoms with Gasteiger partial charge < -0.3 is 4.74 Å². The molecule has 1 aliphatic rings. The van der Waals surface area contributed by atoms with E-state index in [4.69, 9.17) is 0 Å². The van der Waals surface area contributed by atoms with Crippen molar-refractivity contribution in [3.63, 3.8) is 0 Å². The fourth-order valence-electron chi connectivity index (χ4n) is 0.802. The maximum Gasteiger partial charge on any atom is 0.346 e. The van der Waals surface area contributed by atoms with Gasteiger partial charge in [-0.1, -0.05) is 0 Å². The third kappa shape index (κ3) is 0.965. The fraction of sp³-hybridized carbons (Fsp3) is 0.800. The molecule has 1 aliphatic carbocycles. The Balaban J connectivity index is 2.61. The number of ether oxygens (including phenoxy) is 1. The Morgan fingerprint density at radius 2 is 1.91 bits per heavy atom. The van der Waals surface area contributed by atoms with Gasteiger partial charge >= 0.3 is 11.8 Å². The maximum atomic E-state index is 12.1. The molecule has 0 radical (unpaired) electrons. The van der Waals surface area contributed by atoms with E-state index in [0.717, 1.165) is 0 Å². The molecule has 1 rings (SSSR count). The van der Waals surface area contributed by atoms with Crippen LogP contribution < -0.4 is 0 Å². The smallest absolute Gasteiger partial charge is 0.346 e. The molecule has 11 heavy (non-hydrogen) atoms. The highest BCUT2D eigenvalue weighted by Gasteiger charge is 2.73. The third-order valence-corrected chi connectivity index (χ3v) is 1.55. The molecule has 0 N–H and O–H groups in total. The van der Waals surface area contributed by atoms with Crippen LogP contribution in [0.4, 0.5) is 17.6 Å². The molecule has 0 spiro atoms. The summed E-state index contributed by atoms with van der Waals surface area (Å²) in [7, 11) is 0. The lowest BCUT2D eigenvalue weighted by atomic mass is 9.86. The summed E-state index contributed by atoms with van der Waals surface area (Å²) in [6.07, 6.45) is -3.06. The normalized spacial score (nSPS) is 32.2. The van der Waals surface area contributed by atoms with Crippen molar-refractivity contribution in [2.75, 3.05) is 0 Å². The van der Waals surface area contributed by atoms with Crippen LogP contribution in [0, 0.1) is 0 Å². The molecule has 0 saturated heterocycles. The van der Waals surface area contributed by atoms with E-state index in [0.29, 0.717) is 0 Å². The molecule has 0 aromatic carbocycles. The first kappa shape index (κ1) is 8.29. The molecule has 1 fully saturated rings. The van der Waals surface area contributed by atoms with Gasteiger partial charge in [0.25, 0.3) is 6.47 Å². The zero-order valence-corrected chi connectivity index (χ0v) is 5.19. The highest BCUT2D eigenvalue weighted by atomic mass is 19.3. The Labute approximate surface area is 59.1 Å². The molecular formula is C5H4F4O2. The summed E-state index contributed by atoms with van der Waals surface area (Å²) in [6, 6.07) is 0. The summed E-state index contributed by atoms with van der Waals surface area (Å²) >= 11 is 0. The molecule has 0 aliphatic heterocycles. The van der Waals surface area contributed by atoms with E-state index in [9.17, 15) is 22.4 Å². The van der Waals surface area contributed by atoms with E-state index < -0.39 is 24.4 Å². The first-order chi connectivity index (χ1) is 4.92. The first-order valence-electron chi connectivity index (χ1n) is 2.76. The van der Waals surface area contributed by atoms with Gasteiger partial charge in [0, 0.05) is 0 Å². The van der Waals surface area contributed by atoms with Crippen LogP contribution in [0.15, 0.2) is 0 Å². The molecule has 1 saturated carbocycles. The minimum atomic E-state index is -4.20. The average molecular weight is 172 g/mol. The molecule has 2 nitrogen and oxygen atoms in total. The van der Waals surface area contributed by atoms with E-state index in [-0.39, 0.29) is 6.47 Å². The summed E-state index contributed by atoms with van der Waals surface area (Å²) in [5.74, 6) is -8.23. The van der Waals surface area contributed by atoms with Crippen molar-refractivity contribution in [1.29, 1.82) is 0 Å². The summed E-state index contributed by atoms with van der Waals surface area (Å²) in [5.41, 5.74) is 0. The predicted molar refractivity (Wildman–Crippen MR) is 25.4 cm³/mol. The Hall–Kier alpha value is -0.810. The molecular weight excluding hydrogens is 168 g/mol. The molecule has 0 aromatic heterocycles. The van der Waals surface area contributed by atoms with Crippen LogP contribution in [0.3, 0.4) is 0 Å². The molecule has 0 bridgehead atoms. The van der Waals surface area contributed by atoms with Gasteiger partial charge in [0.2, 0.25) is 0 Å². The number of carbonyl (C=O) groups excluding carboxylic acids is 1. The third-order valence-electron chi connectivity index (χ3n) is 1.55. The van der Waals surface area contributed by atoms with Crippen molar-refractivity contribution in [3.05, 3.63) is 0 Å². The lowest BCUT2D eigenvalue weighted by Gasteiger charge is -2.41. The van der Waals surface area contributed by atoms with Gasteiger partial charge in [-0.05, 0) is 0 Å². The first-order valence-corrected chi connectivity index (χ1v) is 2.76. The second-order valence-electron chi connectivity index (χ2n) is 2.25. The zero-order valence-electron chi connectivity index (χ0n) is 5.19. The second-order valence-corrected chi connectivity index (χ2v) is 2.25. The van der Waals surface area contributed by atoms with Gasteiger partial charge in [-0.25, -0.2) is 0 Å². The average Bonchev–Trinajstić information content (AvgIpc) is 1.87. The summed E-state index contributed by atoms with van der Waals surface area (Å²) in [6.45, 7) is -0.256. The number of alkyl halides is 4. The molecule has 64 valence electrons. The Morgan fingerprint density at radius 1 is 1.36 bits per heavy atom. The van der Waals surface area contributed by atoms with Gasteiger partial charge in [0.05, 0.1) is 6.42 Å². The van der Waals surface area contributed by atoms with Crippen molar-refractivity contribution < 1.29 is 27.1 Å². The van der Waals surface area contributed by atoms with Crippen LogP contribution in [0.1, 0.15) is 6.42 Å². The van der Waals surface area contributed by atoms with E-state index in [1.807, 2.05) is 0 Å². The molecule has 0 amide bonds. The quantitative estimate of drug-likeness (QED) is 0.462. The van der Waals surface area contributed by atoms with Crippen molar-refractivity contribution >= 4 is 6.47 Å². The van der Waals surface area contributed by atoms with Gasteiger partial charge in [-0.15, -0.1) is 0 Å². The lowest BCUT2D eigenvalue weighted by molar-refractivity contribution is -0.330. The SMILES string of the molecule is O=COC1CC(F)(F)C1(F)F. The van der Waals surface area contributed by atoms with Crippen LogP contribution in [0.2, 0.25) is 0 Å². The topological polar surface area (TPSA) is 26.3 Å². The number of hydrogen-bond donors (Lipinski definition) is 0. The van der Waals surface area contributed by atoms with Gasteiger partial charge in [0.15, 0.2) is 6.10 Å². The van der Waals surface area contributed by atoms with Crippen molar-refractivity contribution in [1.82, 2.24) is 0 Å². The minimum Gasteiger partial charge on any atom is -0.458 e. The monoisotopic (exact) mass is 172 g/mol. The van der Waals surface area contributed by atoms with Crippen molar-refractivity contribution in [2.24, 2.45) is 0 Å². The van der Waals surface area contributed by atoms with E-state index in [1.165, 1.54) is 0 Å². The van der Waals surface area contributed by atoms with Crippen LogP contribution in [0.25, 0.3) is 0 Å². The highest BCUT2D eigenvalue weighted by molar-refractivity contribution is 5.38. The molecule has 6 heteroatoms. The van der Waals surface area contributed by atoms with E-state index in [2.05, 4.69) is 4.74 Å². The Kier molecular flexibility index (Phi) is 1.57. The van der Waals surface area contributed by atoms with Crippen molar-refractivity contribution in [2.45, 2.75) is 24.4 Å². The van der Waals surface area contributed by atoms with Crippen molar-refractivity contribution in [3.8, 4) is 0 Å². The molecule has 1 atom stereocenters. The number of carbonyl (C=O) groups is 1. The molecule has 0 aromatic rings. The minimum absolute atomic E-state index is 0.256. The number of hydrogen-bond acceptors (Lipinski definition) is 2. The Bertz CT molecular complexity index is 179. The number of halogens is 4. The summed E-state index contributed by atoms with van der Waals surface area (Å²) in [5, 5.41) is 0. The Morgan fingerprint density at radius 3 is 2.18 bits per heavy atom. The maximum absolute atomic E-state index is 12.1. The van der Waals surface area contributed by atoms with Crippen LogP contribution in [0.5, 0.6) is 0 Å². The highest BCUT2D eigenvalue weighted by Crippen LogP contribution is 2.52. The second kappa shape index (κ2) is 2.09. The predicted octanol–water partition coefficient (Wildman–Crippen LogP) is 1.20. The van der Waals surface area contributed by atoms with E-state index >= 15 is 0 Å². The summed E-state index contributed by atoms with van der Waals surface area (Å²) < 4.78 is 51.9. The van der Waals surface area contributed by atoms with E-state index in [1.54, 1.807) is 0 Å².